The number of carbonyl (C=O) groups excluding carboxylic acids is 2. The fraction of sp³-hybridized carbons (Fsp3) is 0.588. The lowest BCUT2D eigenvalue weighted by atomic mass is 9.49. The van der Waals surface area contributed by atoms with Gasteiger partial charge in [0.2, 0.25) is 18.0 Å². The summed E-state index contributed by atoms with van der Waals surface area (Å²) < 4.78 is 16.4. The van der Waals surface area contributed by atoms with Gasteiger partial charge in [-0.3, -0.25) is 14.3 Å². The van der Waals surface area contributed by atoms with Crippen LogP contribution in [0.5, 0.6) is 5.75 Å². The van der Waals surface area contributed by atoms with E-state index in [0.29, 0.717) is 13.1 Å². The second-order valence-corrected chi connectivity index (χ2v) is 6.98. The molecule has 5 rings (SSSR count). The number of pyridine rings is 1. The molecule has 0 saturated heterocycles. The number of aromatic nitrogens is 1. The van der Waals surface area contributed by atoms with Crippen molar-refractivity contribution in [3.63, 3.8) is 0 Å². The molecule has 3 fully saturated rings. The van der Waals surface area contributed by atoms with Crippen molar-refractivity contribution in [3.05, 3.63) is 28.2 Å². The lowest BCUT2D eigenvalue weighted by Crippen LogP contribution is -2.71. The number of ether oxygens (including phenoxy) is 3. The van der Waals surface area contributed by atoms with Crippen LogP contribution in [0.15, 0.2) is 17.1 Å². The zero-order valence-corrected chi connectivity index (χ0v) is 14.5. The molecule has 9 nitrogen and oxygen atoms in total. The van der Waals surface area contributed by atoms with Crippen LogP contribution in [0.3, 0.4) is 0 Å². The van der Waals surface area contributed by atoms with Crippen LogP contribution < -0.4 is 15.6 Å². The molecular formula is C17H21N3O6. The molecule has 0 unspecified atom stereocenters. The molecule has 0 atom stereocenters. The molecule has 1 amide bonds. The Hall–Kier alpha value is -2.71. The van der Waals surface area contributed by atoms with E-state index < -0.39 is 18.4 Å². The Bertz CT molecular complexity index is 787. The summed E-state index contributed by atoms with van der Waals surface area (Å²) in [6.07, 6.45) is 4.33. The molecule has 3 saturated carbocycles. The van der Waals surface area contributed by atoms with Gasteiger partial charge in [-0.05, 0) is 31.6 Å². The molecule has 1 aromatic rings. The maximum atomic E-state index is 13.0. The average molecular weight is 363 g/mol. The summed E-state index contributed by atoms with van der Waals surface area (Å²) in [6, 6.07) is 1.30. The number of carbonyl (C=O) groups is 2. The Labute approximate surface area is 149 Å². The third kappa shape index (κ3) is 2.58. The van der Waals surface area contributed by atoms with E-state index in [1.807, 2.05) is 6.92 Å². The topological polar surface area (TPSA) is 99.1 Å². The molecule has 9 heteroatoms. The Balaban J connectivity index is 1.50. The van der Waals surface area contributed by atoms with Crippen LogP contribution in [0, 0.1) is 5.92 Å². The monoisotopic (exact) mass is 363 g/mol. The predicted molar refractivity (Wildman–Crippen MR) is 89.4 cm³/mol. The van der Waals surface area contributed by atoms with Crippen LogP contribution >= 0.6 is 0 Å². The van der Waals surface area contributed by atoms with Crippen molar-refractivity contribution in [1.29, 1.82) is 0 Å². The predicted octanol–water partition coefficient (Wildman–Crippen LogP) is 1.26. The molecule has 26 heavy (non-hydrogen) atoms. The van der Waals surface area contributed by atoms with Crippen molar-refractivity contribution < 1.29 is 23.8 Å². The highest BCUT2D eigenvalue weighted by atomic mass is 16.8. The standard InChI is InChI=1S/C17H21N3O6/c1-2-5-24-16(23)26-10-25-14-12(21)3-4-20-13(14)15(22)19(9-18-20)17-6-11(7-17)8-17/h3-4,11,18H,2,5-10H2,1H3. The van der Waals surface area contributed by atoms with Gasteiger partial charge in [-0.15, -0.1) is 0 Å². The molecular weight excluding hydrogens is 342 g/mol. The largest absolute Gasteiger partial charge is 0.511 e. The first-order chi connectivity index (χ1) is 12.5. The minimum atomic E-state index is -0.878. The fourth-order valence-electron chi connectivity index (χ4n) is 3.85. The smallest absolute Gasteiger partial charge is 0.451 e. The van der Waals surface area contributed by atoms with Gasteiger partial charge in [0.25, 0.3) is 5.91 Å². The van der Waals surface area contributed by atoms with E-state index >= 15 is 0 Å². The second kappa shape index (κ2) is 6.22. The van der Waals surface area contributed by atoms with Gasteiger partial charge in [-0.25, -0.2) is 4.79 Å². The molecule has 3 aliphatic carbocycles. The Morgan fingerprint density at radius 2 is 2.08 bits per heavy atom. The van der Waals surface area contributed by atoms with Crippen LogP contribution in [0.4, 0.5) is 4.79 Å². The van der Waals surface area contributed by atoms with Crippen LogP contribution in [-0.2, 0) is 9.47 Å². The molecule has 0 radical (unpaired) electrons. The number of hydrogen-bond donors (Lipinski definition) is 1. The summed E-state index contributed by atoms with van der Waals surface area (Å²) >= 11 is 0. The normalized spacial score (nSPS) is 25.3. The van der Waals surface area contributed by atoms with Crippen molar-refractivity contribution in [3.8, 4) is 5.75 Å². The van der Waals surface area contributed by atoms with Crippen molar-refractivity contribution in [2.75, 3.05) is 25.5 Å². The molecule has 1 aliphatic heterocycles. The molecule has 1 aromatic heterocycles. The van der Waals surface area contributed by atoms with Gasteiger partial charge in [-0.1, -0.05) is 6.92 Å². The van der Waals surface area contributed by atoms with E-state index in [1.54, 1.807) is 4.90 Å². The Kier molecular flexibility index (Phi) is 4.01. The maximum Gasteiger partial charge on any atom is 0.511 e. The first kappa shape index (κ1) is 16.7. The Morgan fingerprint density at radius 1 is 1.31 bits per heavy atom. The lowest BCUT2D eigenvalue weighted by Gasteiger charge is -2.66. The number of nitrogens with one attached hydrogen (secondary N) is 1. The van der Waals surface area contributed by atoms with Crippen LogP contribution in [0.25, 0.3) is 0 Å². The van der Waals surface area contributed by atoms with Crippen molar-refractivity contribution in [1.82, 2.24) is 9.58 Å². The van der Waals surface area contributed by atoms with E-state index in [1.165, 1.54) is 16.9 Å². The fourth-order valence-corrected chi connectivity index (χ4v) is 3.85. The molecule has 0 aromatic carbocycles. The van der Waals surface area contributed by atoms with Crippen molar-refractivity contribution in [2.45, 2.75) is 38.1 Å². The first-order valence-corrected chi connectivity index (χ1v) is 8.78. The molecule has 140 valence electrons. The minimum Gasteiger partial charge on any atom is -0.451 e. The first-order valence-electron chi connectivity index (χ1n) is 8.78. The summed E-state index contributed by atoms with van der Waals surface area (Å²) in [5.41, 5.74) is 2.70. The van der Waals surface area contributed by atoms with Crippen molar-refractivity contribution in [2.24, 2.45) is 5.92 Å². The lowest BCUT2D eigenvalue weighted by molar-refractivity contribution is -0.124. The summed E-state index contributed by atoms with van der Waals surface area (Å²) in [4.78, 5) is 38.4. The van der Waals surface area contributed by atoms with Gasteiger partial charge < -0.3 is 24.5 Å². The number of fused-ring (bicyclic) bond motifs is 1. The second-order valence-electron chi connectivity index (χ2n) is 6.98. The summed E-state index contributed by atoms with van der Waals surface area (Å²) in [7, 11) is 0. The van der Waals surface area contributed by atoms with Gasteiger partial charge in [0, 0.05) is 17.8 Å². The van der Waals surface area contributed by atoms with E-state index in [9.17, 15) is 14.4 Å². The highest BCUT2D eigenvalue weighted by Crippen LogP contribution is 2.60. The van der Waals surface area contributed by atoms with E-state index in [2.05, 4.69) is 5.43 Å². The third-order valence-electron chi connectivity index (χ3n) is 5.28. The van der Waals surface area contributed by atoms with Crippen LogP contribution in [0.2, 0.25) is 0 Å². The molecule has 2 bridgehead atoms. The van der Waals surface area contributed by atoms with E-state index in [4.69, 9.17) is 14.2 Å². The number of amides is 1. The maximum absolute atomic E-state index is 13.0. The number of hydrogen-bond acceptors (Lipinski definition) is 7. The van der Waals surface area contributed by atoms with Gasteiger partial charge in [0.1, 0.15) is 6.67 Å². The zero-order valence-electron chi connectivity index (χ0n) is 14.5. The highest BCUT2D eigenvalue weighted by molar-refractivity contribution is 5.97. The summed E-state index contributed by atoms with van der Waals surface area (Å²) in [5.74, 6) is 0.341. The minimum absolute atomic E-state index is 0.0797. The molecule has 2 heterocycles. The van der Waals surface area contributed by atoms with Crippen molar-refractivity contribution >= 4 is 12.1 Å². The van der Waals surface area contributed by atoms with Gasteiger partial charge in [0.05, 0.1) is 6.61 Å². The van der Waals surface area contributed by atoms with E-state index in [0.717, 1.165) is 25.2 Å². The quantitative estimate of drug-likeness (QED) is 0.600. The Morgan fingerprint density at radius 3 is 2.73 bits per heavy atom. The summed E-state index contributed by atoms with van der Waals surface area (Å²) in [5, 5.41) is 0. The van der Waals surface area contributed by atoms with Crippen LogP contribution in [0.1, 0.15) is 43.1 Å². The van der Waals surface area contributed by atoms with E-state index in [-0.39, 0.29) is 29.5 Å². The molecule has 0 spiro atoms. The summed E-state index contributed by atoms with van der Waals surface area (Å²) in [6.45, 7) is 1.98. The third-order valence-corrected chi connectivity index (χ3v) is 5.28. The SMILES string of the molecule is CCCOC(=O)OCOc1c2n(ccc1=O)NCN(C13CC(C1)C3)C2=O. The van der Waals surface area contributed by atoms with Crippen LogP contribution in [-0.4, -0.2) is 47.2 Å². The zero-order chi connectivity index (χ0) is 18.3. The number of rotatable bonds is 6. The number of nitrogens with zero attached hydrogens (tertiary/aromatic N) is 2. The highest BCUT2D eigenvalue weighted by Gasteiger charge is 2.62. The van der Waals surface area contributed by atoms with Gasteiger partial charge >= 0.3 is 6.16 Å². The molecule has 1 N–H and O–H groups in total. The van der Waals surface area contributed by atoms with Gasteiger partial charge in [0.15, 0.2) is 5.69 Å². The van der Waals surface area contributed by atoms with Gasteiger partial charge in [-0.2, -0.15) is 0 Å². The molecule has 4 aliphatic rings. The average Bonchev–Trinajstić information content (AvgIpc) is 2.54.